The number of aliphatic hydroxyl groups is 2. The summed E-state index contributed by atoms with van der Waals surface area (Å²) < 4.78 is 16.8. The first kappa shape index (κ1) is 15.7. The van der Waals surface area contributed by atoms with E-state index in [2.05, 4.69) is 5.32 Å². The maximum Gasteiger partial charge on any atom is 0.212 e. The predicted octanol–water partition coefficient (Wildman–Crippen LogP) is 1.01. The van der Waals surface area contributed by atoms with E-state index in [0.717, 1.165) is 11.3 Å². The summed E-state index contributed by atoms with van der Waals surface area (Å²) in [7, 11) is 0. The van der Waals surface area contributed by atoms with E-state index in [-0.39, 0.29) is 19.3 Å². The van der Waals surface area contributed by atoms with Gasteiger partial charge in [-0.1, -0.05) is 12.1 Å². The third-order valence-corrected chi connectivity index (χ3v) is 4.06. The molecule has 3 rings (SSSR count). The molecule has 1 aromatic carbocycles. The van der Waals surface area contributed by atoms with E-state index in [1.165, 1.54) is 0 Å². The highest BCUT2D eigenvalue weighted by molar-refractivity contribution is 5.45. The molecule has 122 valence electrons. The van der Waals surface area contributed by atoms with Crippen molar-refractivity contribution in [3.05, 3.63) is 29.8 Å². The van der Waals surface area contributed by atoms with Crippen LogP contribution in [-0.4, -0.2) is 53.3 Å². The number of hydrogen-bond donors (Lipinski definition) is 3. The number of aliphatic hydroxyl groups excluding tert-OH is 1. The summed E-state index contributed by atoms with van der Waals surface area (Å²) in [5, 5.41) is 24.2. The minimum atomic E-state index is -1.71. The second-order valence-corrected chi connectivity index (χ2v) is 6.46. The fraction of sp³-hybridized carbons (Fsp3) is 0.625. The Hall–Kier alpha value is -1.18. The van der Waals surface area contributed by atoms with Gasteiger partial charge in [0.25, 0.3) is 0 Å². The Labute approximate surface area is 130 Å². The molecule has 6 heteroatoms. The Balaban J connectivity index is 1.68. The maximum atomic E-state index is 10.6. The zero-order chi connectivity index (χ0) is 16.0. The van der Waals surface area contributed by atoms with E-state index >= 15 is 0 Å². The highest BCUT2D eigenvalue weighted by Crippen LogP contribution is 2.37. The molecule has 3 N–H and O–H groups in total. The van der Waals surface area contributed by atoms with E-state index in [9.17, 15) is 10.2 Å². The van der Waals surface area contributed by atoms with Gasteiger partial charge in [0.05, 0.1) is 13.2 Å². The monoisotopic (exact) mass is 309 g/mol. The van der Waals surface area contributed by atoms with Gasteiger partial charge in [-0.25, -0.2) is 0 Å². The van der Waals surface area contributed by atoms with Gasteiger partial charge in [0, 0.05) is 5.69 Å². The molecule has 0 radical (unpaired) electrons. The minimum Gasteiger partial charge on any atom is -0.385 e. The largest absolute Gasteiger partial charge is 0.385 e. The lowest BCUT2D eigenvalue weighted by molar-refractivity contribution is -0.298. The number of rotatable bonds is 3. The van der Waals surface area contributed by atoms with Crippen LogP contribution < -0.4 is 5.32 Å². The molecule has 2 heterocycles. The molecular weight excluding hydrogens is 286 g/mol. The fourth-order valence-corrected chi connectivity index (χ4v) is 2.97. The molecule has 4 atom stereocenters. The van der Waals surface area contributed by atoms with E-state index in [0.29, 0.717) is 0 Å². The van der Waals surface area contributed by atoms with Gasteiger partial charge in [0.1, 0.15) is 18.3 Å². The predicted molar refractivity (Wildman–Crippen MR) is 80.4 cm³/mol. The zero-order valence-corrected chi connectivity index (χ0v) is 13.1. The van der Waals surface area contributed by atoms with E-state index in [1.807, 2.05) is 31.2 Å². The number of fused-ring (bicyclic) bond motifs is 1. The molecule has 2 fully saturated rings. The second kappa shape index (κ2) is 5.47. The first-order chi connectivity index (χ1) is 10.3. The third kappa shape index (κ3) is 2.98. The highest BCUT2D eigenvalue weighted by Gasteiger charge is 2.56. The van der Waals surface area contributed by atoms with Crippen LogP contribution in [0.25, 0.3) is 0 Å². The van der Waals surface area contributed by atoms with Crippen LogP contribution in [0.3, 0.4) is 0 Å². The van der Waals surface area contributed by atoms with Gasteiger partial charge in [-0.2, -0.15) is 0 Å². The number of ether oxygens (including phenoxy) is 3. The molecule has 2 aliphatic rings. The SMILES string of the molecule is Cc1cccc(NC[C@@]2(O)OC[C@H]3OC(C)(C)O[C@H]3[C@@H]2O)c1. The van der Waals surface area contributed by atoms with Crippen molar-refractivity contribution in [2.75, 3.05) is 18.5 Å². The van der Waals surface area contributed by atoms with Crippen molar-refractivity contribution in [1.29, 1.82) is 0 Å². The number of nitrogens with one attached hydrogen (secondary N) is 1. The standard InChI is InChI=1S/C16H23NO5/c1-10-5-4-6-11(7-10)17-9-16(19)14(18)13-12(8-20-16)21-15(2,3)22-13/h4-7,12-14,17-19H,8-9H2,1-3H3/t12-,13-,14+,16-/m1/s1. The van der Waals surface area contributed by atoms with Gasteiger partial charge in [-0.15, -0.1) is 0 Å². The normalized spacial score (nSPS) is 36.9. The van der Waals surface area contributed by atoms with Crippen LogP contribution in [0.15, 0.2) is 24.3 Å². The molecule has 0 aromatic heterocycles. The summed E-state index contributed by atoms with van der Waals surface area (Å²) in [4.78, 5) is 0. The van der Waals surface area contributed by atoms with E-state index < -0.39 is 23.8 Å². The van der Waals surface area contributed by atoms with Gasteiger partial charge in [0.15, 0.2) is 5.79 Å². The summed E-state index contributed by atoms with van der Waals surface area (Å²) in [6.07, 6.45) is -2.16. The van der Waals surface area contributed by atoms with Crippen molar-refractivity contribution < 1.29 is 24.4 Å². The van der Waals surface area contributed by atoms with Crippen molar-refractivity contribution in [3.8, 4) is 0 Å². The molecule has 0 bridgehead atoms. The highest BCUT2D eigenvalue weighted by atomic mass is 16.8. The Kier molecular flexibility index (Phi) is 3.91. The molecule has 1 aromatic rings. The van der Waals surface area contributed by atoms with Crippen LogP contribution in [-0.2, 0) is 14.2 Å². The first-order valence-electron chi connectivity index (χ1n) is 7.50. The summed E-state index contributed by atoms with van der Waals surface area (Å²) in [6, 6.07) is 7.76. The minimum absolute atomic E-state index is 0.0601. The van der Waals surface area contributed by atoms with E-state index in [1.54, 1.807) is 13.8 Å². The maximum absolute atomic E-state index is 10.6. The van der Waals surface area contributed by atoms with Crippen molar-refractivity contribution >= 4 is 5.69 Å². The molecule has 0 saturated carbocycles. The van der Waals surface area contributed by atoms with Gasteiger partial charge in [-0.05, 0) is 38.5 Å². The lowest BCUT2D eigenvalue weighted by Gasteiger charge is -2.41. The van der Waals surface area contributed by atoms with Crippen molar-refractivity contribution in [2.24, 2.45) is 0 Å². The molecule has 2 aliphatic heterocycles. The lowest BCUT2D eigenvalue weighted by Crippen LogP contribution is -2.62. The first-order valence-corrected chi connectivity index (χ1v) is 7.50. The average Bonchev–Trinajstić information content (AvgIpc) is 2.77. The van der Waals surface area contributed by atoms with Crippen LogP contribution in [0, 0.1) is 6.92 Å². The number of benzene rings is 1. The molecule has 0 amide bonds. The Morgan fingerprint density at radius 3 is 2.82 bits per heavy atom. The molecular formula is C16H23NO5. The van der Waals surface area contributed by atoms with Crippen LogP contribution in [0.5, 0.6) is 0 Å². The Morgan fingerprint density at radius 1 is 1.32 bits per heavy atom. The second-order valence-electron chi connectivity index (χ2n) is 6.46. The van der Waals surface area contributed by atoms with Crippen LogP contribution in [0.4, 0.5) is 5.69 Å². The van der Waals surface area contributed by atoms with Gasteiger partial charge >= 0.3 is 0 Å². The number of aryl methyl sites for hydroxylation is 1. The molecule has 22 heavy (non-hydrogen) atoms. The molecule has 0 spiro atoms. The summed E-state index contributed by atoms with van der Waals surface area (Å²) >= 11 is 0. The number of hydrogen-bond acceptors (Lipinski definition) is 6. The summed E-state index contributed by atoms with van der Waals surface area (Å²) in [5.41, 5.74) is 1.96. The number of anilines is 1. The van der Waals surface area contributed by atoms with Crippen molar-refractivity contribution in [1.82, 2.24) is 0 Å². The van der Waals surface area contributed by atoms with Gasteiger partial charge < -0.3 is 29.7 Å². The van der Waals surface area contributed by atoms with Crippen molar-refractivity contribution in [2.45, 2.75) is 50.7 Å². The fourth-order valence-electron chi connectivity index (χ4n) is 2.97. The molecule has 6 nitrogen and oxygen atoms in total. The Morgan fingerprint density at radius 2 is 2.09 bits per heavy atom. The van der Waals surface area contributed by atoms with Crippen molar-refractivity contribution in [3.63, 3.8) is 0 Å². The summed E-state index contributed by atoms with van der Waals surface area (Å²) in [5.74, 6) is -2.50. The molecule has 2 saturated heterocycles. The molecule has 0 unspecified atom stereocenters. The topological polar surface area (TPSA) is 80.2 Å². The van der Waals surface area contributed by atoms with Crippen LogP contribution in [0.1, 0.15) is 19.4 Å². The third-order valence-electron chi connectivity index (χ3n) is 4.06. The zero-order valence-electron chi connectivity index (χ0n) is 13.1. The quantitative estimate of drug-likeness (QED) is 0.773. The molecule has 0 aliphatic carbocycles. The average molecular weight is 309 g/mol. The van der Waals surface area contributed by atoms with E-state index in [4.69, 9.17) is 14.2 Å². The van der Waals surface area contributed by atoms with Crippen LogP contribution >= 0.6 is 0 Å². The smallest absolute Gasteiger partial charge is 0.212 e. The Bertz CT molecular complexity index is 549. The van der Waals surface area contributed by atoms with Gasteiger partial charge in [0.2, 0.25) is 5.79 Å². The summed E-state index contributed by atoms with van der Waals surface area (Å²) in [6.45, 7) is 5.79. The van der Waals surface area contributed by atoms with Gasteiger partial charge in [-0.3, -0.25) is 0 Å². The lowest BCUT2D eigenvalue weighted by atomic mass is 9.97. The van der Waals surface area contributed by atoms with Crippen LogP contribution in [0.2, 0.25) is 0 Å².